The van der Waals surface area contributed by atoms with E-state index < -0.39 is 5.92 Å². The van der Waals surface area contributed by atoms with Crippen molar-refractivity contribution in [2.45, 2.75) is 13.0 Å². The molecule has 1 aliphatic rings. The largest absolute Gasteiger partial charge is 0.350 e. The van der Waals surface area contributed by atoms with Crippen LogP contribution in [0.3, 0.4) is 0 Å². The van der Waals surface area contributed by atoms with Gasteiger partial charge in [0.25, 0.3) is 5.56 Å². The molecule has 0 aliphatic carbocycles. The zero-order valence-electron chi connectivity index (χ0n) is 15.8. The molecular weight excluding hydrogens is 392 g/mol. The number of fused-ring (bicyclic) bond motifs is 1. The molecule has 1 N–H and O–H groups in total. The molecule has 1 aromatic heterocycles. The van der Waals surface area contributed by atoms with Crippen molar-refractivity contribution in [3.8, 4) is 0 Å². The first-order valence-electron chi connectivity index (χ1n) is 9.22. The summed E-state index contributed by atoms with van der Waals surface area (Å²) in [5.41, 5.74) is 1.14. The SMILES string of the molecule is Cn1nc(CNC(=O)C2CC(=O)N(c3ccc(Cl)cc3)C2)c2ccccc2c1=O. The van der Waals surface area contributed by atoms with Gasteiger partial charge in [0, 0.05) is 36.1 Å². The van der Waals surface area contributed by atoms with Crippen molar-refractivity contribution < 1.29 is 9.59 Å². The highest BCUT2D eigenvalue weighted by Gasteiger charge is 2.35. The number of carbonyl (C=O) groups is 2. The van der Waals surface area contributed by atoms with E-state index >= 15 is 0 Å². The van der Waals surface area contributed by atoms with Gasteiger partial charge < -0.3 is 10.2 Å². The summed E-state index contributed by atoms with van der Waals surface area (Å²) < 4.78 is 1.27. The molecule has 2 heterocycles. The highest BCUT2D eigenvalue weighted by Crippen LogP contribution is 2.26. The summed E-state index contributed by atoms with van der Waals surface area (Å²) in [6.07, 6.45) is 0.149. The number of amides is 2. The fourth-order valence-electron chi connectivity index (χ4n) is 3.58. The Balaban J connectivity index is 1.48. The molecule has 0 bridgehead atoms. The highest BCUT2D eigenvalue weighted by molar-refractivity contribution is 6.30. The Morgan fingerprint density at radius 1 is 1.14 bits per heavy atom. The van der Waals surface area contributed by atoms with E-state index in [0.29, 0.717) is 28.0 Å². The topological polar surface area (TPSA) is 84.3 Å². The van der Waals surface area contributed by atoms with Crippen LogP contribution in [0.1, 0.15) is 12.1 Å². The molecule has 4 rings (SSSR count). The number of hydrogen-bond acceptors (Lipinski definition) is 4. The second kappa shape index (κ2) is 7.67. The molecule has 0 spiro atoms. The van der Waals surface area contributed by atoms with Crippen molar-refractivity contribution in [1.29, 1.82) is 0 Å². The summed E-state index contributed by atoms with van der Waals surface area (Å²) in [6.45, 7) is 0.493. The molecule has 0 saturated carbocycles. The predicted octanol–water partition coefficient (Wildman–Crippen LogP) is 2.26. The Morgan fingerprint density at radius 2 is 1.83 bits per heavy atom. The van der Waals surface area contributed by atoms with E-state index in [1.165, 1.54) is 4.68 Å². The number of halogens is 1. The highest BCUT2D eigenvalue weighted by atomic mass is 35.5. The maximum atomic E-state index is 12.7. The summed E-state index contributed by atoms with van der Waals surface area (Å²) in [5.74, 6) is -0.760. The molecule has 1 fully saturated rings. The lowest BCUT2D eigenvalue weighted by Gasteiger charge is -2.17. The molecule has 1 aliphatic heterocycles. The number of aryl methyl sites for hydroxylation is 1. The van der Waals surface area contributed by atoms with Crippen LogP contribution in [0.2, 0.25) is 5.02 Å². The number of nitrogens with zero attached hydrogens (tertiary/aromatic N) is 3. The van der Waals surface area contributed by atoms with Crippen LogP contribution in [-0.2, 0) is 23.2 Å². The van der Waals surface area contributed by atoms with Gasteiger partial charge in [-0.05, 0) is 30.3 Å². The van der Waals surface area contributed by atoms with E-state index in [4.69, 9.17) is 11.6 Å². The van der Waals surface area contributed by atoms with Gasteiger partial charge in [0.05, 0.1) is 23.5 Å². The smallest absolute Gasteiger partial charge is 0.274 e. The minimum atomic E-state index is -0.447. The number of nitrogens with one attached hydrogen (secondary N) is 1. The van der Waals surface area contributed by atoms with Crippen LogP contribution in [0, 0.1) is 5.92 Å². The van der Waals surface area contributed by atoms with E-state index in [1.54, 1.807) is 48.3 Å². The van der Waals surface area contributed by atoms with Gasteiger partial charge in [-0.3, -0.25) is 14.4 Å². The summed E-state index contributed by atoms with van der Waals surface area (Å²) in [7, 11) is 1.58. The number of carbonyl (C=O) groups excluding carboxylic acids is 2. The minimum Gasteiger partial charge on any atom is -0.350 e. The third kappa shape index (κ3) is 3.73. The number of rotatable bonds is 4. The van der Waals surface area contributed by atoms with Gasteiger partial charge in [0.1, 0.15) is 0 Å². The van der Waals surface area contributed by atoms with Crippen molar-refractivity contribution in [1.82, 2.24) is 15.1 Å². The van der Waals surface area contributed by atoms with Crippen molar-refractivity contribution >= 4 is 39.9 Å². The fourth-order valence-corrected chi connectivity index (χ4v) is 3.70. The second-order valence-corrected chi connectivity index (χ2v) is 7.46. The first kappa shape index (κ1) is 19.1. The molecule has 1 saturated heterocycles. The number of benzene rings is 2. The van der Waals surface area contributed by atoms with Crippen LogP contribution in [0.25, 0.3) is 10.8 Å². The molecular formula is C21H19ClN4O3. The molecule has 2 amide bonds. The zero-order valence-corrected chi connectivity index (χ0v) is 16.5. The van der Waals surface area contributed by atoms with Crippen LogP contribution in [0.4, 0.5) is 5.69 Å². The van der Waals surface area contributed by atoms with Gasteiger partial charge in [0.2, 0.25) is 11.8 Å². The first-order chi connectivity index (χ1) is 13.9. The third-order valence-electron chi connectivity index (χ3n) is 5.10. The first-order valence-corrected chi connectivity index (χ1v) is 9.60. The Hall–Kier alpha value is -3.19. The van der Waals surface area contributed by atoms with E-state index in [1.807, 2.05) is 12.1 Å². The summed E-state index contributed by atoms with van der Waals surface area (Å²) in [5, 5.41) is 9.00. The third-order valence-corrected chi connectivity index (χ3v) is 5.35. The lowest BCUT2D eigenvalue weighted by molar-refractivity contribution is -0.126. The van der Waals surface area contributed by atoms with Gasteiger partial charge in [-0.1, -0.05) is 29.8 Å². The minimum absolute atomic E-state index is 0.0989. The van der Waals surface area contributed by atoms with Crippen molar-refractivity contribution in [2.24, 2.45) is 13.0 Å². The van der Waals surface area contributed by atoms with Gasteiger partial charge in [-0.2, -0.15) is 5.10 Å². The standard InChI is InChI=1S/C21H19ClN4O3/c1-25-21(29)17-5-3-2-4-16(17)18(24-25)11-23-20(28)13-10-19(27)26(12-13)15-8-6-14(22)7-9-15/h2-9,13H,10-12H2,1H3,(H,23,28). The lowest BCUT2D eigenvalue weighted by Crippen LogP contribution is -2.33. The molecule has 3 aromatic rings. The Morgan fingerprint density at radius 3 is 2.55 bits per heavy atom. The molecule has 0 radical (unpaired) electrons. The summed E-state index contributed by atoms with van der Waals surface area (Å²) >= 11 is 5.90. The average Bonchev–Trinajstić information content (AvgIpc) is 3.12. The lowest BCUT2D eigenvalue weighted by atomic mass is 10.1. The van der Waals surface area contributed by atoms with E-state index in [0.717, 1.165) is 5.69 Å². The molecule has 29 heavy (non-hydrogen) atoms. The van der Waals surface area contributed by atoms with Crippen molar-refractivity contribution in [2.75, 3.05) is 11.4 Å². The zero-order chi connectivity index (χ0) is 20.5. The number of anilines is 1. The molecule has 7 nitrogen and oxygen atoms in total. The van der Waals surface area contributed by atoms with Crippen LogP contribution in [0.5, 0.6) is 0 Å². The molecule has 148 valence electrons. The van der Waals surface area contributed by atoms with Crippen LogP contribution in [-0.4, -0.2) is 28.1 Å². The quantitative estimate of drug-likeness (QED) is 0.715. The molecule has 1 unspecified atom stereocenters. The Bertz CT molecular complexity index is 1160. The van der Waals surface area contributed by atoms with E-state index in [2.05, 4.69) is 10.4 Å². The van der Waals surface area contributed by atoms with Crippen LogP contribution in [0.15, 0.2) is 53.3 Å². The van der Waals surface area contributed by atoms with Gasteiger partial charge in [0.15, 0.2) is 0 Å². The van der Waals surface area contributed by atoms with Gasteiger partial charge >= 0.3 is 0 Å². The second-order valence-electron chi connectivity index (χ2n) is 7.02. The molecule has 8 heteroatoms. The summed E-state index contributed by atoms with van der Waals surface area (Å²) in [4.78, 5) is 38.9. The van der Waals surface area contributed by atoms with Crippen molar-refractivity contribution in [3.63, 3.8) is 0 Å². The normalized spacial score (nSPS) is 16.4. The van der Waals surface area contributed by atoms with Crippen LogP contribution < -0.4 is 15.8 Å². The fraction of sp³-hybridized carbons (Fsp3) is 0.238. The van der Waals surface area contributed by atoms with Crippen LogP contribution >= 0.6 is 11.6 Å². The monoisotopic (exact) mass is 410 g/mol. The average molecular weight is 411 g/mol. The maximum absolute atomic E-state index is 12.7. The van der Waals surface area contributed by atoms with E-state index in [9.17, 15) is 14.4 Å². The number of aromatic nitrogens is 2. The summed E-state index contributed by atoms with van der Waals surface area (Å²) in [6, 6.07) is 14.1. The molecule has 2 aromatic carbocycles. The van der Waals surface area contributed by atoms with Crippen molar-refractivity contribution in [3.05, 3.63) is 69.6 Å². The number of hydrogen-bond donors (Lipinski definition) is 1. The van der Waals surface area contributed by atoms with E-state index in [-0.39, 0.29) is 30.3 Å². The molecule has 1 atom stereocenters. The Kier molecular flexibility index (Phi) is 5.07. The Labute approximate surface area is 171 Å². The maximum Gasteiger partial charge on any atom is 0.274 e. The predicted molar refractivity (Wildman–Crippen MR) is 111 cm³/mol. The van der Waals surface area contributed by atoms with Gasteiger partial charge in [-0.25, -0.2) is 4.68 Å². The van der Waals surface area contributed by atoms with Gasteiger partial charge in [-0.15, -0.1) is 0 Å².